The molecule has 0 radical (unpaired) electrons. The van der Waals surface area contributed by atoms with Crippen molar-refractivity contribution in [1.82, 2.24) is 9.88 Å². The zero-order valence-electron chi connectivity index (χ0n) is 23.4. The first-order valence-electron chi connectivity index (χ1n) is 12.9. The summed E-state index contributed by atoms with van der Waals surface area (Å²) in [6.07, 6.45) is 1.98. The van der Waals surface area contributed by atoms with Crippen LogP contribution in [0.5, 0.6) is 5.75 Å². The first-order chi connectivity index (χ1) is 19.1. The van der Waals surface area contributed by atoms with Gasteiger partial charge in [-0.2, -0.15) is 0 Å². The lowest BCUT2D eigenvalue weighted by atomic mass is 10.2. The van der Waals surface area contributed by atoms with Crippen molar-refractivity contribution in [2.45, 2.75) is 39.3 Å². The third-order valence-corrected chi connectivity index (χ3v) is 5.52. The molecule has 40 heavy (non-hydrogen) atoms. The number of aliphatic hydroxyl groups is 1. The van der Waals surface area contributed by atoms with Crippen LogP contribution >= 0.6 is 0 Å². The second-order valence-corrected chi connectivity index (χ2v) is 9.97. The number of ether oxygens (including phenoxy) is 2. The lowest BCUT2D eigenvalue weighted by molar-refractivity contribution is 0.0565. The highest BCUT2D eigenvalue weighted by Crippen LogP contribution is 2.24. The number of para-hydroxylation sites is 2. The van der Waals surface area contributed by atoms with Crippen molar-refractivity contribution in [3.05, 3.63) is 90.6 Å². The summed E-state index contributed by atoms with van der Waals surface area (Å²) in [5, 5.41) is 18.1. The quantitative estimate of drug-likeness (QED) is 0.222. The van der Waals surface area contributed by atoms with E-state index in [9.17, 15) is 14.7 Å². The van der Waals surface area contributed by atoms with Crippen LogP contribution < -0.4 is 20.7 Å². The minimum absolute atomic E-state index is 0.0459. The highest BCUT2D eigenvalue weighted by molar-refractivity contribution is 6.04. The molecular formula is C30H37N5O5. The van der Waals surface area contributed by atoms with Crippen LogP contribution in [0, 0.1) is 0 Å². The smallest absolute Gasteiger partial charge is 0.322 e. The number of urea groups is 1. The molecule has 0 spiro atoms. The number of methoxy groups -OCH3 is 1. The molecule has 0 aliphatic rings. The molecule has 10 heteroatoms. The number of aromatic nitrogens is 1. The second-order valence-electron chi connectivity index (χ2n) is 9.97. The molecule has 10 nitrogen and oxygen atoms in total. The molecule has 4 N–H and O–H groups in total. The van der Waals surface area contributed by atoms with Crippen molar-refractivity contribution in [2.24, 2.45) is 0 Å². The number of anilines is 3. The molecule has 2 aromatic carbocycles. The van der Waals surface area contributed by atoms with Crippen molar-refractivity contribution < 1.29 is 24.2 Å². The average Bonchev–Trinajstić information content (AvgIpc) is 2.91. The maximum absolute atomic E-state index is 12.9. The minimum atomic E-state index is -0.419. The summed E-state index contributed by atoms with van der Waals surface area (Å²) < 4.78 is 10.9. The van der Waals surface area contributed by atoms with Crippen LogP contribution in [0.2, 0.25) is 0 Å². The number of aliphatic hydroxyl groups excluding tert-OH is 1. The maximum Gasteiger partial charge on any atom is 0.322 e. The van der Waals surface area contributed by atoms with Gasteiger partial charge in [0.15, 0.2) is 5.88 Å². The molecule has 0 aliphatic heterocycles. The van der Waals surface area contributed by atoms with Crippen molar-refractivity contribution in [2.75, 3.05) is 36.2 Å². The number of benzene rings is 2. The Labute approximate surface area is 235 Å². The van der Waals surface area contributed by atoms with Gasteiger partial charge in [0.25, 0.3) is 5.91 Å². The van der Waals surface area contributed by atoms with E-state index < -0.39 is 11.5 Å². The van der Waals surface area contributed by atoms with Crippen molar-refractivity contribution in [3.63, 3.8) is 0 Å². The molecule has 0 aliphatic carbocycles. The van der Waals surface area contributed by atoms with E-state index in [-0.39, 0.29) is 24.9 Å². The number of nitrogens with zero attached hydrogens (tertiary/aromatic N) is 2. The highest BCUT2D eigenvalue weighted by Gasteiger charge is 2.17. The van der Waals surface area contributed by atoms with Gasteiger partial charge >= 0.3 is 6.03 Å². The number of rotatable bonds is 12. The molecule has 0 saturated heterocycles. The summed E-state index contributed by atoms with van der Waals surface area (Å²) in [5.74, 6) is 0.654. The topological polar surface area (TPSA) is 125 Å². The number of pyridine rings is 1. The summed E-state index contributed by atoms with van der Waals surface area (Å²) in [6.45, 7) is 10.2. The predicted octanol–water partition coefficient (Wildman–Crippen LogP) is 5.46. The molecule has 0 unspecified atom stereocenters. The van der Waals surface area contributed by atoms with Crippen LogP contribution in [-0.2, 0) is 11.3 Å². The molecule has 0 saturated carbocycles. The molecule has 0 bridgehead atoms. The fourth-order valence-corrected chi connectivity index (χ4v) is 3.70. The van der Waals surface area contributed by atoms with E-state index in [0.29, 0.717) is 41.7 Å². The fourth-order valence-electron chi connectivity index (χ4n) is 3.70. The van der Waals surface area contributed by atoms with Crippen LogP contribution in [0.15, 0.2) is 79.3 Å². The van der Waals surface area contributed by atoms with Gasteiger partial charge in [0, 0.05) is 31.6 Å². The summed E-state index contributed by atoms with van der Waals surface area (Å²) >= 11 is 0. The molecular weight excluding hydrogens is 510 g/mol. The second kappa shape index (κ2) is 14.0. The normalized spacial score (nSPS) is 10.8. The summed E-state index contributed by atoms with van der Waals surface area (Å²) in [5.41, 5.74) is 2.32. The van der Waals surface area contributed by atoms with Gasteiger partial charge in [-0.05, 0) is 81.8 Å². The van der Waals surface area contributed by atoms with E-state index in [1.165, 1.54) is 0 Å². The number of carbonyl (C=O) groups is 2. The standard InChI is InChI=1S/C30H37N5O5/c1-21(40-30(2,3)4)32-25-9-6-7-10-26(25)34-28(37)27-16-11-22(19-31-27)20-35(17-8-18-36)29(38)33-23-12-14-24(39-5)15-13-23/h6-7,9-16,19,32,36H,1,8,17-18,20H2,2-5H3,(H,33,38)(H,34,37). The van der Waals surface area contributed by atoms with Crippen molar-refractivity contribution in [3.8, 4) is 5.75 Å². The van der Waals surface area contributed by atoms with E-state index >= 15 is 0 Å². The third kappa shape index (κ3) is 9.32. The number of amides is 3. The largest absolute Gasteiger partial charge is 0.497 e. The van der Waals surface area contributed by atoms with Crippen LogP contribution in [0.3, 0.4) is 0 Å². The van der Waals surface area contributed by atoms with Crippen LogP contribution in [0.4, 0.5) is 21.9 Å². The number of carbonyl (C=O) groups excluding carboxylic acids is 2. The van der Waals surface area contributed by atoms with Crippen LogP contribution in [0.25, 0.3) is 0 Å². The van der Waals surface area contributed by atoms with E-state index in [2.05, 4.69) is 27.5 Å². The van der Waals surface area contributed by atoms with E-state index in [4.69, 9.17) is 9.47 Å². The molecule has 1 heterocycles. The highest BCUT2D eigenvalue weighted by atomic mass is 16.5. The molecule has 1 aromatic heterocycles. The number of hydrogen-bond donors (Lipinski definition) is 4. The Balaban J connectivity index is 1.65. The van der Waals surface area contributed by atoms with Gasteiger partial charge in [-0.3, -0.25) is 9.78 Å². The first-order valence-corrected chi connectivity index (χ1v) is 12.9. The molecule has 3 aromatic rings. The van der Waals surface area contributed by atoms with Crippen LogP contribution in [0.1, 0.15) is 43.2 Å². The monoisotopic (exact) mass is 547 g/mol. The Morgan fingerprint density at radius 2 is 1.65 bits per heavy atom. The van der Waals surface area contributed by atoms with Gasteiger partial charge in [0.05, 0.1) is 18.5 Å². The lowest BCUT2D eigenvalue weighted by Gasteiger charge is -2.24. The first kappa shape index (κ1) is 30.0. The van der Waals surface area contributed by atoms with Gasteiger partial charge in [-0.1, -0.05) is 18.2 Å². The van der Waals surface area contributed by atoms with Gasteiger partial charge < -0.3 is 35.4 Å². The van der Waals surface area contributed by atoms with Gasteiger partial charge in [-0.15, -0.1) is 0 Å². The van der Waals surface area contributed by atoms with E-state index in [1.54, 1.807) is 66.7 Å². The van der Waals surface area contributed by atoms with Crippen molar-refractivity contribution >= 4 is 29.0 Å². The maximum atomic E-state index is 12.9. The molecule has 3 rings (SSSR count). The Morgan fingerprint density at radius 1 is 0.975 bits per heavy atom. The number of hydrogen-bond acceptors (Lipinski definition) is 7. The Kier molecular flexibility index (Phi) is 10.5. The Hall–Kier alpha value is -4.57. The minimum Gasteiger partial charge on any atom is -0.497 e. The Bertz CT molecular complexity index is 1290. The molecule has 0 fully saturated rings. The predicted molar refractivity (Wildman–Crippen MR) is 156 cm³/mol. The zero-order valence-corrected chi connectivity index (χ0v) is 23.4. The van der Waals surface area contributed by atoms with Gasteiger partial charge in [0.1, 0.15) is 17.0 Å². The summed E-state index contributed by atoms with van der Waals surface area (Å²) in [4.78, 5) is 31.8. The molecule has 3 amide bonds. The van der Waals surface area contributed by atoms with Gasteiger partial charge in [0.2, 0.25) is 0 Å². The molecule has 212 valence electrons. The average molecular weight is 548 g/mol. The molecule has 0 atom stereocenters. The van der Waals surface area contributed by atoms with Crippen LogP contribution in [-0.4, -0.2) is 52.8 Å². The van der Waals surface area contributed by atoms with Gasteiger partial charge in [-0.25, -0.2) is 4.79 Å². The van der Waals surface area contributed by atoms with Crippen molar-refractivity contribution in [1.29, 1.82) is 0 Å². The number of nitrogens with one attached hydrogen (secondary N) is 3. The zero-order chi connectivity index (χ0) is 29.1. The fraction of sp³-hybridized carbons (Fsp3) is 0.300. The Morgan fingerprint density at radius 3 is 2.23 bits per heavy atom. The van der Waals surface area contributed by atoms with E-state index in [1.807, 2.05) is 32.9 Å². The SMILES string of the molecule is C=C(Nc1ccccc1NC(=O)c1ccc(CN(CCCO)C(=O)Nc2ccc(OC)cc2)cn1)OC(C)(C)C. The summed E-state index contributed by atoms with van der Waals surface area (Å²) in [6, 6.07) is 17.3. The summed E-state index contributed by atoms with van der Waals surface area (Å²) in [7, 11) is 1.57. The van der Waals surface area contributed by atoms with E-state index in [0.717, 1.165) is 5.56 Å². The third-order valence-electron chi connectivity index (χ3n) is 5.52. The lowest BCUT2D eigenvalue weighted by Crippen LogP contribution is -2.35.